The van der Waals surface area contributed by atoms with Gasteiger partial charge in [0, 0.05) is 24.2 Å². The third-order valence-electron chi connectivity index (χ3n) is 5.28. The molecule has 2 aromatic carbocycles. The summed E-state index contributed by atoms with van der Waals surface area (Å²) >= 11 is 5.93. The van der Waals surface area contributed by atoms with Gasteiger partial charge >= 0.3 is 5.97 Å². The molecule has 0 N–H and O–H groups in total. The van der Waals surface area contributed by atoms with E-state index in [1.54, 1.807) is 32.2 Å². The number of fused-ring (bicyclic) bond motifs is 1. The van der Waals surface area contributed by atoms with Crippen LogP contribution in [0.1, 0.15) is 11.3 Å². The number of benzene rings is 2. The number of carbonyl (C=O) groups excluding carboxylic acids is 1. The summed E-state index contributed by atoms with van der Waals surface area (Å²) in [5.74, 6) is 0.198. The first-order chi connectivity index (χ1) is 14.9. The third kappa shape index (κ3) is 5.19. The molecular formula is C23H28ClNO5SSi. The zero-order valence-electron chi connectivity index (χ0n) is 18.9. The Morgan fingerprint density at radius 1 is 1.09 bits per heavy atom. The number of hydrogen-bond donors (Lipinski definition) is 0. The molecule has 0 amide bonds. The van der Waals surface area contributed by atoms with Crippen LogP contribution in [0.2, 0.25) is 30.7 Å². The van der Waals surface area contributed by atoms with Crippen molar-refractivity contribution in [1.82, 2.24) is 3.97 Å². The molecule has 0 fully saturated rings. The quantitative estimate of drug-likeness (QED) is 0.315. The van der Waals surface area contributed by atoms with Gasteiger partial charge in [0.25, 0.3) is 10.0 Å². The first-order valence-corrected chi connectivity index (χ1v) is 15.8. The van der Waals surface area contributed by atoms with Crippen molar-refractivity contribution >= 4 is 46.6 Å². The Morgan fingerprint density at radius 3 is 2.34 bits per heavy atom. The molecule has 0 saturated heterocycles. The van der Waals surface area contributed by atoms with Gasteiger partial charge in [0.15, 0.2) is 0 Å². The molecule has 172 valence electrons. The molecule has 0 bridgehead atoms. The van der Waals surface area contributed by atoms with E-state index >= 15 is 0 Å². The Bertz CT molecular complexity index is 1240. The van der Waals surface area contributed by atoms with Crippen LogP contribution in [0, 0.1) is 6.92 Å². The van der Waals surface area contributed by atoms with Gasteiger partial charge in [-0.3, -0.25) is 4.79 Å². The number of methoxy groups -OCH3 is 1. The smallest absolute Gasteiger partial charge is 0.310 e. The van der Waals surface area contributed by atoms with Crippen molar-refractivity contribution < 1.29 is 22.7 Å². The molecule has 0 atom stereocenters. The SMILES string of the molecule is COc1ccc2c(c1)c(CC(=O)OCC[Si](C)(C)C)c(C)n2S(=O)(=O)c1ccc(Cl)cc1. The Hall–Kier alpha value is -2.29. The minimum absolute atomic E-state index is 0.0235. The van der Waals surface area contributed by atoms with Crippen LogP contribution in [0.4, 0.5) is 0 Å². The molecule has 6 nitrogen and oxygen atoms in total. The largest absolute Gasteiger partial charge is 0.497 e. The molecule has 9 heteroatoms. The number of nitrogens with zero attached hydrogens (tertiary/aromatic N) is 1. The van der Waals surface area contributed by atoms with E-state index in [1.807, 2.05) is 0 Å². The minimum atomic E-state index is -3.91. The van der Waals surface area contributed by atoms with E-state index in [2.05, 4.69) is 19.6 Å². The Balaban J connectivity index is 2.06. The summed E-state index contributed by atoms with van der Waals surface area (Å²) < 4.78 is 39.1. The summed E-state index contributed by atoms with van der Waals surface area (Å²) in [6.07, 6.45) is -0.0235. The highest BCUT2D eigenvalue weighted by Crippen LogP contribution is 2.33. The van der Waals surface area contributed by atoms with E-state index < -0.39 is 18.1 Å². The van der Waals surface area contributed by atoms with Gasteiger partial charge in [-0.05, 0) is 61.0 Å². The van der Waals surface area contributed by atoms with E-state index in [1.165, 1.54) is 28.2 Å². The Labute approximate surface area is 195 Å². The van der Waals surface area contributed by atoms with Crippen molar-refractivity contribution in [3.8, 4) is 5.75 Å². The van der Waals surface area contributed by atoms with Crippen LogP contribution in [0.3, 0.4) is 0 Å². The van der Waals surface area contributed by atoms with E-state index in [-0.39, 0.29) is 17.3 Å². The van der Waals surface area contributed by atoms with Crippen LogP contribution < -0.4 is 4.74 Å². The number of aromatic nitrogens is 1. The number of esters is 1. The van der Waals surface area contributed by atoms with Gasteiger partial charge < -0.3 is 9.47 Å². The molecule has 0 aliphatic heterocycles. The highest BCUT2D eigenvalue weighted by atomic mass is 35.5. The lowest BCUT2D eigenvalue weighted by molar-refractivity contribution is -0.142. The maximum Gasteiger partial charge on any atom is 0.310 e. The van der Waals surface area contributed by atoms with Gasteiger partial charge in [-0.15, -0.1) is 0 Å². The lowest BCUT2D eigenvalue weighted by Crippen LogP contribution is -2.23. The van der Waals surface area contributed by atoms with E-state index in [4.69, 9.17) is 21.1 Å². The number of halogens is 1. The maximum atomic E-state index is 13.5. The van der Waals surface area contributed by atoms with Crippen LogP contribution in [0.15, 0.2) is 47.4 Å². The van der Waals surface area contributed by atoms with Gasteiger partial charge in [0.2, 0.25) is 0 Å². The van der Waals surface area contributed by atoms with E-state index in [9.17, 15) is 13.2 Å². The maximum absolute atomic E-state index is 13.5. The van der Waals surface area contributed by atoms with Gasteiger partial charge in [-0.25, -0.2) is 12.4 Å². The minimum Gasteiger partial charge on any atom is -0.497 e. The fourth-order valence-corrected chi connectivity index (χ4v) is 5.89. The van der Waals surface area contributed by atoms with Crippen molar-refractivity contribution in [1.29, 1.82) is 0 Å². The molecular weight excluding hydrogens is 466 g/mol. The molecule has 32 heavy (non-hydrogen) atoms. The first-order valence-electron chi connectivity index (χ1n) is 10.3. The molecule has 0 saturated carbocycles. The zero-order chi connectivity index (χ0) is 23.7. The third-order valence-corrected chi connectivity index (χ3v) is 9.05. The van der Waals surface area contributed by atoms with Crippen LogP contribution in [-0.2, 0) is 26.0 Å². The molecule has 0 radical (unpaired) electrons. The highest BCUT2D eigenvalue weighted by molar-refractivity contribution is 7.90. The summed E-state index contributed by atoms with van der Waals surface area (Å²) in [7, 11) is -3.70. The van der Waals surface area contributed by atoms with Gasteiger partial charge in [-0.1, -0.05) is 31.2 Å². The van der Waals surface area contributed by atoms with Crippen molar-refractivity contribution in [2.45, 2.75) is 43.9 Å². The number of carbonyl (C=O) groups is 1. The van der Waals surface area contributed by atoms with Crippen LogP contribution in [0.5, 0.6) is 5.75 Å². The Morgan fingerprint density at radius 2 is 1.75 bits per heavy atom. The van der Waals surface area contributed by atoms with Crippen LogP contribution in [0.25, 0.3) is 10.9 Å². The molecule has 1 heterocycles. The van der Waals surface area contributed by atoms with Gasteiger partial charge in [0.05, 0.1) is 30.5 Å². The summed E-state index contributed by atoms with van der Waals surface area (Å²) in [5, 5.41) is 1.09. The number of ether oxygens (including phenoxy) is 2. The molecule has 0 aliphatic rings. The second kappa shape index (κ2) is 9.29. The van der Waals surface area contributed by atoms with Crippen LogP contribution >= 0.6 is 11.6 Å². The monoisotopic (exact) mass is 493 g/mol. The second-order valence-electron chi connectivity index (χ2n) is 8.88. The molecule has 3 rings (SSSR count). The standard InChI is InChI=1S/C23H28ClNO5SSi/c1-16-20(15-23(26)30-12-13-32(3,4)5)21-14-18(29-2)8-11-22(21)25(16)31(27,28)19-9-6-17(24)7-10-19/h6-11,14H,12-13,15H2,1-5H3. The second-order valence-corrected chi connectivity index (χ2v) is 16.7. The van der Waals surface area contributed by atoms with Crippen molar-refractivity contribution in [2.24, 2.45) is 0 Å². The average molecular weight is 494 g/mol. The van der Waals surface area contributed by atoms with Gasteiger partial charge in [-0.2, -0.15) is 0 Å². The van der Waals surface area contributed by atoms with Crippen LogP contribution in [-0.4, -0.2) is 40.2 Å². The summed E-state index contributed by atoms with van der Waals surface area (Å²) in [5.41, 5.74) is 1.54. The zero-order valence-corrected chi connectivity index (χ0v) is 21.5. The summed E-state index contributed by atoms with van der Waals surface area (Å²) in [4.78, 5) is 12.7. The Kier molecular flexibility index (Phi) is 7.07. The van der Waals surface area contributed by atoms with Crippen molar-refractivity contribution in [3.05, 3.63) is 58.7 Å². The molecule has 3 aromatic rings. The average Bonchev–Trinajstić information content (AvgIpc) is 2.98. The molecule has 0 spiro atoms. The van der Waals surface area contributed by atoms with Gasteiger partial charge in [0.1, 0.15) is 5.75 Å². The number of hydrogen-bond acceptors (Lipinski definition) is 5. The van der Waals surface area contributed by atoms with Crippen molar-refractivity contribution in [2.75, 3.05) is 13.7 Å². The fourth-order valence-electron chi connectivity index (χ4n) is 3.47. The molecule has 1 aromatic heterocycles. The first kappa shape index (κ1) is 24.4. The van der Waals surface area contributed by atoms with E-state index in [0.717, 1.165) is 6.04 Å². The lowest BCUT2D eigenvalue weighted by Gasteiger charge is -2.15. The summed E-state index contributed by atoms with van der Waals surface area (Å²) in [6.45, 7) is 8.72. The number of rotatable bonds is 8. The predicted molar refractivity (Wildman–Crippen MR) is 130 cm³/mol. The summed E-state index contributed by atoms with van der Waals surface area (Å²) in [6, 6.07) is 12.0. The highest BCUT2D eigenvalue weighted by Gasteiger charge is 2.26. The predicted octanol–water partition coefficient (Wildman–Crippen LogP) is 5.27. The van der Waals surface area contributed by atoms with Crippen molar-refractivity contribution in [3.63, 3.8) is 0 Å². The molecule has 0 aliphatic carbocycles. The normalized spacial score (nSPS) is 12.2. The fraction of sp³-hybridized carbons (Fsp3) is 0.348. The molecule has 0 unspecified atom stereocenters. The topological polar surface area (TPSA) is 74.6 Å². The lowest BCUT2D eigenvalue weighted by atomic mass is 10.1. The van der Waals surface area contributed by atoms with E-state index in [0.29, 0.717) is 39.5 Å².